The van der Waals surface area contributed by atoms with E-state index in [4.69, 9.17) is 16.3 Å². The molecule has 0 spiro atoms. The molecule has 0 saturated carbocycles. The third kappa shape index (κ3) is 3.80. The first kappa shape index (κ1) is 17.9. The minimum absolute atomic E-state index is 0.548. The molecule has 0 saturated heterocycles. The maximum absolute atomic E-state index is 6.33. The molecule has 0 unspecified atom stereocenters. The van der Waals surface area contributed by atoms with Crippen LogP contribution in [-0.4, -0.2) is 23.3 Å². The molecular weight excluding hydrogens is 372 g/mol. The van der Waals surface area contributed by atoms with Gasteiger partial charge >= 0.3 is 0 Å². The quantitative estimate of drug-likeness (QED) is 0.367. The number of halogens is 1. The van der Waals surface area contributed by atoms with Crippen LogP contribution in [0.3, 0.4) is 0 Å². The summed E-state index contributed by atoms with van der Waals surface area (Å²) >= 11 is 6.33. The van der Waals surface area contributed by atoms with Gasteiger partial charge in [-0.05, 0) is 54.1 Å². The van der Waals surface area contributed by atoms with E-state index in [0.717, 1.165) is 27.8 Å². The van der Waals surface area contributed by atoms with Crippen LogP contribution in [0.1, 0.15) is 5.56 Å². The van der Waals surface area contributed by atoms with Crippen LogP contribution in [0, 0.1) is 0 Å². The average molecular weight is 389 g/mol. The van der Waals surface area contributed by atoms with E-state index in [0.29, 0.717) is 16.7 Å². The van der Waals surface area contributed by atoms with Crippen molar-refractivity contribution in [1.29, 1.82) is 0 Å². The number of hydrogen-bond donors (Lipinski definition) is 1. The molecule has 0 atom stereocenters. The van der Waals surface area contributed by atoms with Gasteiger partial charge in [0.25, 0.3) is 0 Å². The summed E-state index contributed by atoms with van der Waals surface area (Å²) in [7, 11) is 1.64. The van der Waals surface area contributed by atoms with E-state index in [1.807, 2.05) is 72.8 Å². The lowest BCUT2D eigenvalue weighted by molar-refractivity contribution is 0.415. The van der Waals surface area contributed by atoms with Crippen molar-refractivity contribution in [2.45, 2.75) is 0 Å². The number of methoxy groups -OCH3 is 1. The molecule has 0 amide bonds. The van der Waals surface area contributed by atoms with Gasteiger partial charge in [-0.3, -0.25) is 5.43 Å². The van der Waals surface area contributed by atoms with E-state index in [-0.39, 0.29) is 0 Å². The van der Waals surface area contributed by atoms with Gasteiger partial charge in [-0.1, -0.05) is 35.9 Å². The highest BCUT2D eigenvalue weighted by atomic mass is 35.5. The zero-order valence-electron chi connectivity index (χ0n) is 15.1. The van der Waals surface area contributed by atoms with E-state index in [2.05, 4.69) is 20.5 Å². The normalized spacial score (nSPS) is 11.1. The topological polar surface area (TPSA) is 59.4 Å². The highest BCUT2D eigenvalue weighted by Gasteiger charge is 2.11. The number of ether oxygens (including phenoxy) is 1. The number of hydrazone groups is 1. The van der Waals surface area contributed by atoms with Crippen molar-refractivity contribution in [1.82, 2.24) is 9.97 Å². The summed E-state index contributed by atoms with van der Waals surface area (Å²) < 4.78 is 5.17. The van der Waals surface area contributed by atoms with Crippen molar-refractivity contribution in [3.63, 3.8) is 0 Å². The van der Waals surface area contributed by atoms with Gasteiger partial charge in [-0.15, -0.1) is 0 Å². The molecule has 4 aromatic rings. The van der Waals surface area contributed by atoms with E-state index < -0.39 is 0 Å². The van der Waals surface area contributed by atoms with Gasteiger partial charge in [-0.2, -0.15) is 5.10 Å². The first-order valence-electron chi connectivity index (χ1n) is 8.69. The Bertz CT molecular complexity index is 1140. The smallest absolute Gasteiger partial charge is 0.163 e. The molecular formula is C22H17ClN4O. The molecule has 4 rings (SSSR count). The number of rotatable bonds is 5. The van der Waals surface area contributed by atoms with Crippen LogP contribution in [0.15, 0.2) is 77.9 Å². The zero-order valence-corrected chi connectivity index (χ0v) is 15.9. The van der Waals surface area contributed by atoms with Crippen molar-refractivity contribution in [3.8, 4) is 17.1 Å². The van der Waals surface area contributed by atoms with Gasteiger partial charge in [0.05, 0.1) is 23.9 Å². The third-order valence-electron chi connectivity index (χ3n) is 4.22. The molecule has 138 valence electrons. The van der Waals surface area contributed by atoms with Gasteiger partial charge < -0.3 is 4.74 Å². The highest BCUT2D eigenvalue weighted by molar-refractivity contribution is 6.33. The fraction of sp³-hybridized carbons (Fsp3) is 0.0455. The van der Waals surface area contributed by atoms with E-state index in [9.17, 15) is 0 Å². The molecule has 0 aliphatic rings. The van der Waals surface area contributed by atoms with Crippen molar-refractivity contribution >= 4 is 34.5 Å². The number of anilines is 1. The molecule has 1 aromatic heterocycles. The number of nitrogens with zero attached hydrogens (tertiary/aromatic N) is 3. The lowest BCUT2D eigenvalue weighted by Gasteiger charge is -2.09. The first-order valence-corrected chi connectivity index (χ1v) is 9.07. The fourth-order valence-corrected chi connectivity index (χ4v) is 3.00. The van der Waals surface area contributed by atoms with Crippen molar-refractivity contribution < 1.29 is 4.74 Å². The van der Waals surface area contributed by atoms with Gasteiger partial charge in [0.15, 0.2) is 11.6 Å². The van der Waals surface area contributed by atoms with Crippen LogP contribution in [-0.2, 0) is 0 Å². The van der Waals surface area contributed by atoms with Crippen molar-refractivity contribution in [2.75, 3.05) is 12.5 Å². The number of fused-ring (bicyclic) bond motifs is 1. The first-order chi connectivity index (χ1) is 13.7. The Kier molecular flexibility index (Phi) is 5.17. The third-order valence-corrected chi connectivity index (χ3v) is 4.55. The second kappa shape index (κ2) is 8.06. The molecule has 3 aromatic carbocycles. The zero-order chi connectivity index (χ0) is 19.3. The Morgan fingerprint density at radius 1 is 0.929 bits per heavy atom. The summed E-state index contributed by atoms with van der Waals surface area (Å²) in [5, 5.41) is 5.82. The van der Waals surface area contributed by atoms with E-state index in [1.54, 1.807) is 13.3 Å². The number of hydrogen-bond acceptors (Lipinski definition) is 5. The van der Waals surface area contributed by atoms with Gasteiger partial charge in [-0.25, -0.2) is 9.97 Å². The lowest BCUT2D eigenvalue weighted by Crippen LogP contribution is -1.99. The van der Waals surface area contributed by atoms with Crippen LogP contribution in [0.4, 0.5) is 5.82 Å². The summed E-state index contributed by atoms with van der Waals surface area (Å²) in [5.41, 5.74) is 5.57. The maximum atomic E-state index is 6.33. The molecule has 0 bridgehead atoms. The van der Waals surface area contributed by atoms with E-state index in [1.165, 1.54) is 0 Å². The molecule has 5 nitrogen and oxygen atoms in total. The van der Waals surface area contributed by atoms with Crippen molar-refractivity contribution in [2.24, 2.45) is 5.10 Å². The predicted molar refractivity (Wildman–Crippen MR) is 114 cm³/mol. The van der Waals surface area contributed by atoms with Crippen LogP contribution >= 0.6 is 11.6 Å². The van der Waals surface area contributed by atoms with Gasteiger partial charge in [0.1, 0.15) is 5.75 Å². The minimum atomic E-state index is 0.548. The van der Waals surface area contributed by atoms with Crippen molar-refractivity contribution in [3.05, 3.63) is 83.4 Å². The standard InChI is InChI=1S/C22H17ClN4O/c1-28-16-12-10-15(11-13-16)14-24-27-22-18-7-3-5-9-20(18)25-21(26-22)17-6-2-4-8-19(17)23/h2-14H,1H3,(H,25,26,27)/b24-14-. The SMILES string of the molecule is COc1ccc(/C=N\Nc2nc(-c3ccccc3Cl)nc3ccccc23)cc1. The Hall–Kier alpha value is -3.44. The summed E-state index contributed by atoms with van der Waals surface area (Å²) in [5.74, 6) is 1.97. The second-order valence-corrected chi connectivity index (χ2v) is 6.44. The van der Waals surface area contributed by atoms with Crippen LogP contribution in [0.5, 0.6) is 5.75 Å². The minimum Gasteiger partial charge on any atom is -0.497 e. The summed E-state index contributed by atoms with van der Waals surface area (Å²) in [6, 6.07) is 22.9. The summed E-state index contributed by atoms with van der Waals surface area (Å²) in [6.07, 6.45) is 1.73. The lowest BCUT2D eigenvalue weighted by atomic mass is 10.2. The van der Waals surface area contributed by atoms with Crippen LogP contribution in [0.2, 0.25) is 5.02 Å². The number of aromatic nitrogens is 2. The number of para-hydroxylation sites is 1. The molecule has 1 N–H and O–H groups in total. The monoisotopic (exact) mass is 388 g/mol. The molecule has 1 heterocycles. The molecule has 0 aliphatic heterocycles. The highest BCUT2D eigenvalue weighted by Crippen LogP contribution is 2.29. The van der Waals surface area contributed by atoms with Gasteiger partial charge in [0.2, 0.25) is 0 Å². The largest absolute Gasteiger partial charge is 0.497 e. The van der Waals surface area contributed by atoms with Crippen LogP contribution in [0.25, 0.3) is 22.3 Å². The Labute approximate surface area is 167 Å². The predicted octanol–water partition coefficient (Wildman–Crippen LogP) is 5.40. The van der Waals surface area contributed by atoms with Gasteiger partial charge in [0, 0.05) is 10.9 Å². The molecule has 6 heteroatoms. The number of nitrogens with one attached hydrogen (secondary N) is 1. The second-order valence-electron chi connectivity index (χ2n) is 6.04. The summed E-state index contributed by atoms with van der Waals surface area (Å²) in [4.78, 5) is 9.30. The Balaban J connectivity index is 1.69. The molecule has 28 heavy (non-hydrogen) atoms. The Morgan fingerprint density at radius 3 is 2.46 bits per heavy atom. The molecule has 0 fully saturated rings. The molecule has 0 radical (unpaired) electrons. The average Bonchev–Trinajstić information content (AvgIpc) is 2.74. The number of benzene rings is 3. The van der Waals surface area contributed by atoms with E-state index >= 15 is 0 Å². The Morgan fingerprint density at radius 2 is 1.68 bits per heavy atom. The molecule has 0 aliphatic carbocycles. The fourth-order valence-electron chi connectivity index (χ4n) is 2.78. The van der Waals surface area contributed by atoms with Crippen LogP contribution < -0.4 is 10.2 Å². The summed E-state index contributed by atoms with van der Waals surface area (Å²) in [6.45, 7) is 0. The maximum Gasteiger partial charge on any atom is 0.163 e.